The van der Waals surface area contributed by atoms with Crippen LogP contribution in [0.2, 0.25) is 15.1 Å². The standard InChI is InChI=1S/C49H52Cl3N7O5S.C47H50N8O4/c1-6-58(35-17-12-11-13-18-35)36-23-25-42(32(3)27-36)55-46(48(61)56-44-30-37(24-22-31(44)2)65(63,64)53-5)47-57-45-39(20-16-21-43(45)54-33(4)60)49(62)59(47)26-15-10-8-7-9-14-19-38-40(51)28-34(50)29-41(38)52;1-6-8-9-16-22-40(44-48-27-17-28-49-44)55-45(50-31-37(47(55)58)33-18-12-10-13-19-33)43(52-38-25-24-35(54(4)5)29-32(38)3)46(57)53-39-30-34(51-42(56)7-2)23-26-41(39)59-36-20-14-11-15-21-36/h11-13,16-18,20-25,27-30,53H,6-10,14-15,19,26H2,1-5H3,(H,54,60)(H,56,61);10-15,17-21,23-31,40H,6-9,16,22H2,1-5H3,(H,51,56)(H,53,57). The molecule has 0 saturated heterocycles. The van der Waals surface area contributed by atoms with Gasteiger partial charge in [0.2, 0.25) is 21.8 Å². The van der Waals surface area contributed by atoms with Crippen molar-refractivity contribution in [2.24, 2.45) is 9.98 Å². The monoisotopic (exact) mass is 1750 g/mol. The highest BCUT2D eigenvalue weighted by Crippen LogP contribution is 2.37. The van der Waals surface area contributed by atoms with Gasteiger partial charge in [0.05, 0.1) is 44.6 Å². The third-order valence-electron chi connectivity index (χ3n) is 20.8. The van der Waals surface area contributed by atoms with E-state index in [1.54, 1.807) is 99.0 Å². The summed E-state index contributed by atoms with van der Waals surface area (Å²) in [5.74, 6) is -0.652. The number of sulfonamides is 1. The average molecular weight is 1750 g/mol. The van der Waals surface area contributed by atoms with Crippen molar-refractivity contribution in [2.75, 3.05) is 58.8 Å². The van der Waals surface area contributed by atoms with E-state index in [-0.39, 0.29) is 80.6 Å². The van der Waals surface area contributed by atoms with E-state index in [0.717, 1.165) is 98.0 Å². The number of anilines is 7. The maximum atomic E-state index is 15.1. The number of carbonyl (C=O) groups is 4. The molecule has 0 aliphatic carbocycles. The Morgan fingerprint density at radius 1 is 0.565 bits per heavy atom. The minimum Gasteiger partial charge on any atom is -0.455 e. The van der Waals surface area contributed by atoms with Gasteiger partial charge >= 0.3 is 0 Å². The summed E-state index contributed by atoms with van der Waals surface area (Å²) in [6, 6.07) is 58.7. The Kier molecular flexibility index (Phi) is 32.7. The summed E-state index contributed by atoms with van der Waals surface area (Å²) in [6.45, 7) is 13.8. The number of nitrogens with zero attached hydrogens (tertiary/aromatic N) is 10. The Bertz CT molecular complexity index is 6100. The van der Waals surface area contributed by atoms with Crippen LogP contribution in [0.15, 0.2) is 243 Å². The molecule has 3 aromatic heterocycles. The predicted octanol–water partition coefficient (Wildman–Crippen LogP) is 20.9. The summed E-state index contributed by atoms with van der Waals surface area (Å²) in [6.07, 6.45) is 15.1. The molecule has 24 nitrogen and oxygen atoms in total. The topological polar surface area (TPSA) is 299 Å². The Hall–Kier alpha value is -12.5. The largest absolute Gasteiger partial charge is 0.455 e. The van der Waals surface area contributed by atoms with Crippen molar-refractivity contribution >= 4 is 142 Å². The van der Waals surface area contributed by atoms with Crippen LogP contribution < -0.4 is 51.6 Å². The lowest BCUT2D eigenvalue weighted by molar-refractivity contribution is -0.116. The second-order valence-electron chi connectivity index (χ2n) is 30.0. The van der Waals surface area contributed by atoms with Gasteiger partial charge in [-0.05, 0) is 210 Å². The van der Waals surface area contributed by atoms with E-state index in [1.165, 1.54) is 41.4 Å². The van der Waals surface area contributed by atoms with Gasteiger partial charge in [-0.15, -0.1) is 0 Å². The Morgan fingerprint density at radius 2 is 1.18 bits per heavy atom. The molecule has 4 amide bonds. The number of hydrogen-bond acceptors (Lipinski definition) is 17. The minimum absolute atomic E-state index is 0.0193. The van der Waals surface area contributed by atoms with E-state index in [9.17, 15) is 27.6 Å². The SMILES string of the molecule is CCCCCCC(c1ncccn1)n1c(C(=Nc2ccc(N(C)C)cc2C)C(=O)Nc2cc(NC(=O)CC)ccc2Oc2ccccc2)ncc(-c2ccccc2)c1=O.CCN(c1ccccc1)c1ccc(N=C(C(=O)Nc2cc(S(=O)(=O)NC)ccc2C)c2nc3c(NC(C)=O)cccc3c(=O)n2CCCCCCCCc2c(Cl)cc(Cl)cc2Cl)c(C)c1. The lowest BCUT2D eigenvalue weighted by Gasteiger charge is -2.24. The van der Waals surface area contributed by atoms with Crippen molar-refractivity contribution in [2.45, 2.75) is 149 Å². The zero-order valence-electron chi connectivity index (χ0n) is 71.2. The van der Waals surface area contributed by atoms with Gasteiger partial charge in [-0.3, -0.25) is 37.9 Å². The molecular formula is C96H102Cl3N15O9S. The molecule has 28 heteroatoms. The van der Waals surface area contributed by atoms with Crippen LogP contribution in [0, 0.1) is 20.8 Å². The van der Waals surface area contributed by atoms with E-state index in [4.69, 9.17) is 59.5 Å². The van der Waals surface area contributed by atoms with Crippen molar-refractivity contribution in [1.29, 1.82) is 0 Å². The number of halogens is 3. The van der Waals surface area contributed by atoms with Crippen LogP contribution in [0.4, 0.5) is 51.2 Å². The molecule has 12 rings (SSSR count). The summed E-state index contributed by atoms with van der Waals surface area (Å²) in [5.41, 5.74) is 8.21. The second-order valence-corrected chi connectivity index (χ2v) is 33.1. The Labute approximate surface area is 738 Å². The zero-order valence-corrected chi connectivity index (χ0v) is 74.2. The van der Waals surface area contributed by atoms with E-state index in [2.05, 4.69) is 54.7 Å². The van der Waals surface area contributed by atoms with Crippen LogP contribution in [-0.2, 0) is 42.2 Å². The maximum absolute atomic E-state index is 15.1. The van der Waals surface area contributed by atoms with Crippen molar-refractivity contribution in [3.05, 3.63) is 294 Å². The fraction of sp³-hybridized carbons (Fsp3) is 0.271. The number of carbonyl (C=O) groups excluding carboxylic acids is 4. The molecule has 0 aliphatic heterocycles. The molecule has 3 heterocycles. The molecule has 0 aliphatic rings. The molecular weight excluding hydrogens is 1650 g/mol. The highest BCUT2D eigenvalue weighted by Gasteiger charge is 2.32. The first-order valence-corrected chi connectivity index (χ1v) is 44.0. The lowest BCUT2D eigenvalue weighted by atomic mass is 10.0. The van der Waals surface area contributed by atoms with E-state index >= 15 is 9.59 Å². The Balaban J connectivity index is 0.000000242. The first-order valence-electron chi connectivity index (χ1n) is 41.4. The van der Waals surface area contributed by atoms with Gasteiger partial charge in [-0.2, -0.15) is 0 Å². The molecule has 1 atom stereocenters. The van der Waals surface area contributed by atoms with Crippen LogP contribution in [0.1, 0.15) is 151 Å². The molecule has 642 valence electrons. The van der Waals surface area contributed by atoms with Gasteiger partial charge in [0.25, 0.3) is 22.9 Å². The first kappa shape index (κ1) is 92.2. The van der Waals surface area contributed by atoms with Gasteiger partial charge < -0.3 is 35.8 Å². The molecule has 0 fully saturated rings. The minimum atomic E-state index is -3.87. The van der Waals surface area contributed by atoms with E-state index in [0.29, 0.717) is 91.2 Å². The normalized spacial score (nSPS) is 11.8. The van der Waals surface area contributed by atoms with Gasteiger partial charge in [0.1, 0.15) is 11.3 Å². The summed E-state index contributed by atoms with van der Waals surface area (Å²) in [5, 5.41) is 13.4. The third kappa shape index (κ3) is 23.8. The molecule has 0 spiro atoms. The van der Waals surface area contributed by atoms with E-state index < -0.39 is 33.4 Å². The van der Waals surface area contributed by atoms with Gasteiger partial charge in [-0.1, -0.05) is 179 Å². The number of hydrogen-bond donors (Lipinski definition) is 5. The third-order valence-corrected chi connectivity index (χ3v) is 23.1. The van der Waals surface area contributed by atoms with Crippen molar-refractivity contribution in [1.82, 2.24) is 33.8 Å². The quantitative estimate of drug-likeness (QED) is 0.0180. The molecule has 0 saturated carbocycles. The van der Waals surface area contributed by atoms with Crippen LogP contribution in [0.5, 0.6) is 11.5 Å². The number of aliphatic imine (C=N–C) groups is 2. The number of nitrogens with one attached hydrogen (secondary N) is 5. The summed E-state index contributed by atoms with van der Waals surface area (Å²) in [7, 11) is 1.34. The number of aromatic nitrogens is 6. The fourth-order valence-corrected chi connectivity index (χ4v) is 15.9. The molecule has 0 bridgehead atoms. The summed E-state index contributed by atoms with van der Waals surface area (Å²) in [4.78, 5) is 118. The van der Waals surface area contributed by atoms with Gasteiger partial charge in [-0.25, -0.2) is 43.1 Å². The van der Waals surface area contributed by atoms with E-state index in [1.807, 2.05) is 148 Å². The van der Waals surface area contributed by atoms with Crippen molar-refractivity contribution in [3.63, 3.8) is 0 Å². The number of ether oxygens (including phenoxy) is 1. The van der Waals surface area contributed by atoms with Crippen molar-refractivity contribution < 1.29 is 32.3 Å². The molecule has 5 N–H and O–H groups in total. The highest BCUT2D eigenvalue weighted by molar-refractivity contribution is 7.89. The summed E-state index contributed by atoms with van der Waals surface area (Å²) >= 11 is 18.9. The zero-order chi connectivity index (χ0) is 88.6. The van der Waals surface area contributed by atoms with Crippen LogP contribution >= 0.6 is 34.8 Å². The number of benzene rings is 9. The second kappa shape index (κ2) is 44.0. The smallest absolute Gasteiger partial charge is 0.278 e. The number of unbranched alkanes of at least 4 members (excludes halogenated alkanes) is 8. The molecule has 124 heavy (non-hydrogen) atoms. The van der Waals surface area contributed by atoms with Crippen LogP contribution in [0.25, 0.3) is 22.0 Å². The Morgan fingerprint density at radius 3 is 1.81 bits per heavy atom. The van der Waals surface area contributed by atoms with Crippen molar-refractivity contribution in [3.8, 4) is 22.6 Å². The predicted molar refractivity (Wildman–Crippen MR) is 501 cm³/mol. The summed E-state index contributed by atoms with van der Waals surface area (Å²) < 4.78 is 37.2. The number of aryl methyl sites for hydroxylation is 3. The van der Waals surface area contributed by atoms with Crippen LogP contribution in [0.3, 0.4) is 0 Å². The average Bonchev–Trinajstić information content (AvgIpc) is 0.762. The molecule has 1 unspecified atom stereocenters. The highest BCUT2D eigenvalue weighted by atomic mass is 35.5. The van der Waals surface area contributed by atoms with Gasteiger partial charge in [0.15, 0.2) is 34.6 Å². The fourth-order valence-electron chi connectivity index (χ4n) is 14.2. The first-order chi connectivity index (χ1) is 59.8. The maximum Gasteiger partial charge on any atom is 0.278 e. The molecule has 0 radical (unpaired) electrons. The number of rotatable bonds is 36. The molecule has 12 aromatic rings. The van der Waals surface area contributed by atoms with Crippen LogP contribution in [-0.4, -0.2) is 100 Å². The number of para-hydroxylation sites is 3. The lowest BCUT2D eigenvalue weighted by Crippen LogP contribution is -2.37. The number of amides is 4. The number of fused-ring (bicyclic) bond motifs is 1. The molecule has 9 aromatic carbocycles. The van der Waals surface area contributed by atoms with Gasteiger partial charge in [0, 0.05) is 103 Å².